The van der Waals surface area contributed by atoms with Crippen molar-refractivity contribution in [1.29, 1.82) is 0 Å². The Bertz CT molecular complexity index is 1030. The summed E-state index contributed by atoms with van der Waals surface area (Å²) in [4.78, 5) is 33.6. The van der Waals surface area contributed by atoms with Crippen molar-refractivity contribution in [2.75, 3.05) is 18.8 Å². The molecule has 2 aromatic rings. The number of unbranched alkanes of at least 4 members (excludes halogenated alkanes) is 1. The van der Waals surface area contributed by atoms with E-state index in [2.05, 4.69) is 4.99 Å². The quantitative estimate of drug-likeness (QED) is 0.165. The summed E-state index contributed by atoms with van der Waals surface area (Å²) in [5, 5.41) is 12.6. The lowest BCUT2D eigenvalue weighted by molar-refractivity contribution is -0.132. The summed E-state index contributed by atoms with van der Waals surface area (Å²) in [7, 11) is 3.96. The molecule has 2 saturated heterocycles. The minimum Gasteiger partial charge on any atom is -0.465 e. The number of aliphatic imine (C=N–C) groups is 1. The molecule has 2 amide bonds. The highest BCUT2D eigenvalue weighted by molar-refractivity contribution is 8.77. The van der Waals surface area contributed by atoms with Crippen LogP contribution in [0.5, 0.6) is 0 Å². The second-order valence-electron chi connectivity index (χ2n) is 9.24. The highest BCUT2D eigenvalue weighted by atomic mass is 33.1. The summed E-state index contributed by atoms with van der Waals surface area (Å²) >= 11 is 1.53. The van der Waals surface area contributed by atoms with Gasteiger partial charge in [0.1, 0.15) is 5.84 Å². The van der Waals surface area contributed by atoms with Gasteiger partial charge in [0.15, 0.2) is 0 Å². The Balaban J connectivity index is 1.27. The van der Waals surface area contributed by atoms with Crippen molar-refractivity contribution in [3.8, 4) is 0 Å². The number of amidine groups is 1. The Morgan fingerprint density at radius 1 is 1.14 bits per heavy atom. The van der Waals surface area contributed by atoms with Gasteiger partial charge in [-0.1, -0.05) is 46.2 Å². The van der Waals surface area contributed by atoms with Gasteiger partial charge in [-0.15, -0.1) is 11.3 Å². The molecule has 3 N–H and O–H groups in total. The molecule has 1 atom stereocenters. The molecule has 1 aromatic heterocycles. The fraction of sp³-hybridized carbons (Fsp3) is 0.500. The molecule has 0 saturated carbocycles. The topological polar surface area (TPSA) is 99.2 Å². The standard InChI is InChI=1S/C26H34N4O3S3/c27-25(23-8-4-15-34-23)28-20-6-3-5-19(17-20)18-30(26(32)33)21-10-13-29(14-11-21)24(31)9-2-1-7-22-12-16-35-36-22/h3-6,8,15,17,21-22H,1-2,7,9-14,16,18H2,(H2,27,28)(H,32,33). The lowest BCUT2D eigenvalue weighted by Crippen LogP contribution is -2.48. The zero-order valence-electron chi connectivity index (χ0n) is 20.4. The van der Waals surface area contributed by atoms with Crippen molar-refractivity contribution < 1.29 is 14.7 Å². The van der Waals surface area contributed by atoms with E-state index in [0.29, 0.717) is 43.9 Å². The van der Waals surface area contributed by atoms with Crippen LogP contribution in [0.1, 0.15) is 55.4 Å². The van der Waals surface area contributed by atoms with Gasteiger partial charge in [0.25, 0.3) is 0 Å². The second kappa shape index (κ2) is 13.4. The van der Waals surface area contributed by atoms with Crippen LogP contribution >= 0.6 is 32.9 Å². The normalized spacial score (nSPS) is 18.9. The van der Waals surface area contributed by atoms with Gasteiger partial charge in [-0.05, 0) is 61.2 Å². The zero-order valence-corrected chi connectivity index (χ0v) is 22.8. The Hall–Kier alpha value is -2.17. The third kappa shape index (κ3) is 7.66. The molecule has 0 bridgehead atoms. The molecule has 1 unspecified atom stereocenters. The fourth-order valence-electron chi connectivity index (χ4n) is 4.69. The van der Waals surface area contributed by atoms with Gasteiger partial charge in [0.05, 0.1) is 10.6 Å². The molecule has 10 heteroatoms. The van der Waals surface area contributed by atoms with Crippen molar-refractivity contribution in [1.82, 2.24) is 9.80 Å². The highest BCUT2D eigenvalue weighted by Crippen LogP contribution is 2.40. The number of carboxylic acid groups (broad SMARTS) is 1. The third-order valence-electron chi connectivity index (χ3n) is 6.68. The van der Waals surface area contributed by atoms with E-state index in [0.717, 1.165) is 28.5 Å². The summed E-state index contributed by atoms with van der Waals surface area (Å²) < 4.78 is 0. The first-order valence-corrected chi connectivity index (χ1v) is 15.8. The van der Waals surface area contributed by atoms with Crippen LogP contribution in [0.4, 0.5) is 10.5 Å². The zero-order chi connectivity index (χ0) is 25.3. The average molecular weight is 547 g/mol. The molecule has 194 valence electrons. The van der Waals surface area contributed by atoms with Crippen LogP contribution in [-0.2, 0) is 11.3 Å². The minimum atomic E-state index is -0.935. The number of piperidine rings is 1. The van der Waals surface area contributed by atoms with Crippen molar-refractivity contribution in [2.24, 2.45) is 10.7 Å². The number of nitrogens with two attached hydrogens (primary N) is 1. The Kier molecular flexibility index (Phi) is 10.0. The number of benzene rings is 1. The largest absolute Gasteiger partial charge is 0.465 e. The number of rotatable bonds is 10. The van der Waals surface area contributed by atoms with E-state index in [1.165, 1.54) is 34.8 Å². The average Bonchev–Trinajstić information content (AvgIpc) is 3.60. The minimum absolute atomic E-state index is 0.105. The van der Waals surface area contributed by atoms with Gasteiger partial charge in [-0.2, -0.15) is 0 Å². The van der Waals surface area contributed by atoms with Gasteiger partial charge in [-0.25, -0.2) is 9.79 Å². The number of nitrogens with zero attached hydrogens (tertiary/aromatic N) is 3. The summed E-state index contributed by atoms with van der Waals surface area (Å²) in [6.45, 7) is 1.52. The van der Waals surface area contributed by atoms with E-state index in [9.17, 15) is 14.7 Å². The molecular weight excluding hydrogens is 513 g/mol. The Morgan fingerprint density at radius 2 is 1.97 bits per heavy atom. The van der Waals surface area contributed by atoms with Crippen LogP contribution in [0.2, 0.25) is 0 Å². The molecule has 1 aromatic carbocycles. The van der Waals surface area contributed by atoms with E-state index in [1.807, 2.05) is 68.3 Å². The number of hydrogen-bond donors (Lipinski definition) is 2. The van der Waals surface area contributed by atoms with Crippen LogP contribution in [0, 0.1) is 0 Å². The number of thiophene rings is 1. The number of carbonyl (C=O) groups excluding carboxylic acids is 1. The molecule has 2 fully saturated rings. The molecule has 7 nitrogen and oxygen atoms in total. The first-order valence-electron chi connectivity index (χ1n) is 12.5. The van der Waals surface area contributed by atoms with E-state index >= 15 is 0 Å². The third-order valence-corrected chi connectivity index (χ3v) is 10.6. The maximum absolute atomic E-state index is 12.7. The summed E-state index contributed by atoms with van der Waals surface area (Å²) in [5.74, 6) is 1.91. The number of likely N-dealkylation sites (tertiary alicyclic amines) is 1. The molecule has 0 radical (unpaired) electrons. The van der Waals surface area contributed by atoms with E-state index in [-0.39, 0.29) is 18.5 Å². The van der Waals surface area contributed by atoms with Crippen molar-refractivity contribution >= 4 is 56.4 Å². The predicted octanol–water partition coefficient (Wildman–Crippen LogP) is 5.97. The van der Waals surface area contributed by atoms with Gasteiger partial charge in [0.2, 0.25) is 5.91 Å². The molecule has 2 aliphatic rings. The van der Waals surface area contributed by atoms with E-state index in [1.54, 1.807) is 0 Å². The van der Waals surface area contributed by atoms with E-state index < -0.39 is 6.09 Å². The summed E-state index contributed by atoms with van der Waals surface area (Å²) in [5.41, 5.74) is 7.69. The summed E-state index contributed by atoms with van der Waals surface area (Å²) in [6.07, 6.45) is 5.53. The van der Waals surface area contributed by atoms with Crippen molar-refractivity contribution in [3.63, 3.8) is 0 Å². The highest BCUT2D eigenvalue weighted by Gasteiger charge is 2.29. The lowest BCUT2D eigenvalue weighted by Gasteiger charge is -2.37. The van der Waals surface area contributed by atoms with Gasteiger partial charge >= 0.3 is 6.09 Å². The van der Waals surface area contributed by atoms with E-state index in [4.69, 9.17) is 5.73 Å². The van der Waals surface area contributed by atoms with Gasteiger partial charge < -0.3 is 20.6 Å². The second-order valence-corrected chi connectivity index (χ2v) is 13.0. The maximum atomic E-state index is 12.7. The van der Waals surface area contributed by atoms with Crippen molar-refractivity contribution in [3.05, 3.63) is 52.2 Å². The number of hydrogen-bond acceptors (Lipinski definition) is 6. The van der Waals surface area contributed by atoms with Gasteiger partial charge in [-0.3, -0.25) is 4.79 Å². The monoisotopic (exact) mass is 546 g/mol. The van der Waals surface area contributed by atoms with Crippen LogP contribution in [0.3, 0.4) is 0 Å². The first-order chi connectivity index (χ1) is 17.5. The molecule has 0 aliphatic carbocycles. The van der Waals surface area contributed by atoms with Crippen LogP contribution in [0.15, 0.2) is 46.8 Å². The molecule has 36 heavy (non-hydrogen) atoms. The molecular formula is C26H34N4O3S3. The molecule has 2 aliphatic heterocycles. The van der Waals surface area contributed by atoms with Crippen LogP contribution in [-0.4, -0.2) is 62.9 Å². The number of carbonyl (C=O) groups is 2. The fourth-order valence-corrected chi connectivity index (χ4v) is 8.35. The van der Waals surface area contributed by atoms with Gasteiger partial charge in [0, 0.05) is 43.1 Å². The molecule has 0 spiro atoms. The first kappa shape index (κ1) is 26.9. The lowest BCUT2D eigenvalue weighted by atomic mass is 10.0. The Labute approximate surface area is 224 Å². The predicted molar refractivity (Wildman–Crippen MR) is 151 cm³/mol. The van der Waals surface area contributed by atoms with Crippen molar-refractivity contribution in [2.45, 2.75) is 62.8 Å². The summed E-state index contributed by atoms with van der Waals surface area (Å²) in [6, 6.07) is 11.3. The molecule has 3 heterocycles. The van der Waals surface area contributed by atoms with Crippen LogP contribution in [0.25, 0.3) is 0 Å². The SMILES string of the molecule is NC(=Nc1cccc(CN(C(=O)O)C2CCN(C(=O)CCCCC3CCSS3)CC2)c1)c1cccs1. The molecule has 4 rings (SSSR count). The van der Waals surface area contributed by atoms with Crippen LogP contribution < -0.4 is 5.73 Å². The smallest absolute Gasteiger partial charge is 0.407 e. The number of amides is 2. The Morgan fingerprint density at radius 3 is 2.67 bits per heavy atom. The maximum Gasteiger partial charge on any atom is 0.407 e.